The fraction of sp³-hybridized carbons (Fsp3) is 0.294. The van der Waals surface area contributed by atoms with Gasteiger partial charge in [0.2, 0.25) is 0 Å². The highest BCUT2D eigenvalue weighted by atomic mass is 29.6. The fourth-order valence-electron chi connectivity index (χ4n) is 9.82. The van der Waals surface area contributed by atoms with Crippen molar-refractivity contribution in [2.75, 3.05) is 0 Å². The van der Waals surface area contributed by atoms with Gasteiger partial charge in [0.1, 0.15) is 0 Å². The molecule has 0 nitrogen and oxygen atoms in total. The van der Waals surface area contributed by atoms with Crippen molar-refractivity contribution < 1.29 is 0 Å². The quantitative estimate of drug-likeness (QED) is 0.203. The standard InChI is InChI=1S/C34H36Si3/c1-35(2)33-24-14-8-7-13-22(24)21-23-19-20-27-31-25-15-9-11-17-28(25)34(32(27)30(23)33,36(3,4)37(35,5)6)29-18-12-10-16-26(29)31/h7-21,27,31-32H,1-6H3. The normalized spacial score (nSPS) is 30.3. The average Bonchev–Trinajstić information content (AvgIpc) is 2.93. The molecule has 184 valence electrons. The summed E-state index contributed by atoms with van der Waals surface area (Å²) in [5.74, 6) is 1.54. The van der Waals surface area contributed by atoms with Gasteiger partial charge in [0.25, 0.3) is 0 Å². The van der Waals surface area contributed by atoms with E-state index in [0.717, 1.165) is 0 Å². The van der Waals surface area contributed by atoms with Gasteiger partial charge in [0.05, 0.1) is 15.2 Å². The molecule has 37 heavy (non-hydrogen) atoms. The molecular formula is C34H36Si3. The van der Waals surface area contributed by atoms with Crippen LogP contribution in [0.1, 0.15) is 45.2 Å². The van der Waals surface area contributed by atoms with Crippen LogP contribution in [0.2, 0.25) is 39.3 Å². The van der Waals surface area contributed by atoms with Crippen molar-refractivity contribution in [1.29, 1.82) is 0 Å². The first-order valence-electron chi connectivity index (χ1n) is 14.1. The van der Waals surface area contributed by atoms with Crippen LogP contribution in [0.3, 0.4) is 0 Å². The lowest BCUT2D eigenvalue weighted by Crippen LogP contribution is -2.80. The lowest BCUT2D eigenvalue weighted by atomic mass is 9.50. The Hall–Kier alpha value is -2.47. The Balaban J connectivity index is 1.67. The molecule has 4 aromatic rings. The molecule has 0 saturated carbocycles. The first-order valence-corrected chi connectivity index (χ1v) is 25.1. The highest BCUT2D eigenvalue weighted by molar-refractivity contribution is 7.71. The van der Waals surface area contributed by atoms with Gasteiger partial charge < -0.3 is 0 Å². The van der Waals surface area contributed by atoms with Gasteiger partial charge in [-0.3, -0.25) is 0 Å². The Morgan fingerprint density at radius 3 is 1.97 bits per heavy atom. The fourth-order valence-corrected chi connectivity index (χ4v) is 46.4. The maximum absolute atomic E-state index is 2.84. The third-order valence-corrected chi connectivity index (χ3v) is 55.1. The van der Waals surface area contributed by atoms with E-state index >= 15 is 0 Å². The topological polar surface area (TPSA) is 0 Å². The van der Waals surface area contributed by atoms with E-state index in [2.05, 4.69) is 130 Å². The van der Waals surface area contributed by atoms with E-state index in [1.165, 1.54) is 10.9 Å². The molecule has 2 atom stereocenters. The molecular weight excluding hydrogens is 493 g/mol. The zero-order valence-corrected chi connectivity index (χ0v) is 25.9. The highest BCUT2D eigenvalue weighted by Crippen LogP contribution is 2.71. The molecule has 1 heterocycles. The Morgan fingerprint density at radius 1 is 0.703 bits per heavy atom. The predicted octanol–water partition coefficient (Wildman–Crippen LogP) is 8.05. The van der Waals surface area contributed by atoms with Gasteiger partial charge >= 0.3 is 0 Å². The lowest BCUT2D eigenvalue weighted by molar-refractivity contribution is 0.321. The van der Waals surface area contributed by atoms with Crippen LogP contribution < -0.4 is 5.19 Å². The number of benzene rings is 4. The summed E-state index contributed by atoms with van der Waals surface area (Å²) in [6, 6.07) is 31.3. The second-order valence-electron chi connectivity index (χ2n) is 13.7. The van der Waals surface area contributed by atoms with E-state index in [4.69, 9.17) is 0 Å². The summed E-state index contributed by atoms with van der Waals surface area (Å²) >= 11 is 0. The first-order chi connectivity index (χ1) is 17.7. The van der Waals surface area contributed by atoms with E-state index in [0.29, 0.717) is 17.8 Å². The monoisotopic (exact) mass is 528 g/mol. The molecule has 0 fully saturated rings. The first kappa shape index (κ1) is 22.5. The van der Waals surface area contributed by atoms with Crippen LogP contribution in [0, 0.1) is 5.92 Å². The summed E-state index contributed by atoms with van der Waals surface area (Å²) in [5, 5.41) is 4.96. The van der Waals surface area contributed by atoms with Crippen LogP contribution in [0.25, 0.3) is 16.8 Å². The lowest BCUT2D eigenvalue weighted by Gasteiger charge is -2.66. The van der Waals surface area contributed by atoms with E-state index in [-0.39, 0.29) is 5.04 Å². The molecule has 0 amide bonds. The molecule has 9 rings (SSSR count). The van der Waals surface area contributed by atoms with Crippen LogP contribution >= 0.6 is 0 Å². The Morgan fingerprint density at radius 2 is 1.30 bits per heavy atom. The van der Waals surface area contributed by atoms with Gasteiger partial charge in [-0.1, -0.05) is 129 Å². The highest BCUT2D eigenvalue weighted by Gasteiger charge is 2.73. The van der Waals surface area contributed by atoms with Gasteiger partial charge in [-0.25, -0.2) is 0 Å². The third-order valence-electron chi connectivity index (χ3n) is 12.3. The number of fused-ring (bicyclic) bond motifs is 2. The van der Waals surface area contributed by atoms with Gasteiger partial charge in [-0.15, -0.1) is 0 Å². The number of hydrogen-bond acceptors (Lipinski definition) is 0. The van der Waals surface area contributed by atoms with Crippen molar-refractivity contribution in [3.8, 4) is 0 Å². The van der Waals surface area contributed by atoms with Crippen molar-refractivity contribution in [2.24, 2.45) is 5.92 Å². The molecule has 0 N–H and O–H groups in total. The number of rotatable bonds is 0. The van der Waals surface area contributed by atoms with Crippen LogP contribution in [0.4, 0.5) is 0 Å². The predicted molar refractivity (Wildman–Crippen MR) is 167 cm³/mol. The molecule has 1 aliphatic heterocycles. The largest absolute Gasteiger partial charge is 0.0792 e. The minimum atomic E-state index is -1.93. The van der Waals surface area contributed by atoms with E-state index in [9.17, 15) is 0 Å². The average molecular weight is 529 g/mol. The summed E-state index contributed by atoms with van der Waals surface area (Å²) in [4.78, 5) is 0. The second kappa shape index (κ2) is 6.75. The van der Waals surface area contributed by atoms with Crippen molar-refractivity contribution in [1.82, 2.24) is 0 Å². The summed E-state index contributed by atoms with van der Waals surface area (Å²) in [6.07, 6.45) is 5.18. The second-order valence-corrected chi connectivity index (χ2v) is 41.3. The Bertz CT molecular complexity index is 1640. The Kier molecular flexibility index (Phi) is 4.10. The summed E-state index contributed by atoms with van der Waals surface area (Å²) in [7, 11) is -5.51. The molecule has 4 aromatic carbocycles. The van der Waals surface area contributed by atoms with Crippen molar-refractivity contribution in [2.45, 2.75) is 56.2 Å². The van der Waals surface area contributed by atoms with Crippen molar-refractivity contribution >= 4 is 44.3 Å². The van der Waals surface area contributed by atoms with Crippen LogP contribution in [0.15, 0.2) is 84.9 Å². The van der Waals surface area contributed by atoms with Crippen molar-refractivity contribution in [3.63, 3.8) is 0 Å². The molecule has 0 aromatic heterocycles. The van der Waals surface area contributed by atoms with Gasteiger partial charge in [0, 0.05) is 24.0 Å². The van der Waals surface area contributed by atoms with Crippen molar-refractivity contribution in [3.05, 3.63) is 118 Å². The van der Waals surface area contributed by atoms with Gasteiger partial charge in [0.15, 0.2) is 0 Å². The Labute approximate surface area is 224 Å². The zero-order chi connectivity index (χ0) is 25.5. The van der Waals surface area contributed by atoms with E-state index < -0.39 is 22.3 Å². The zero-order valence-electron chi connectivity index (χ0n) is 22.9. The van der Waals surface area contributed by atoms with E-state index in [1.807, 2.05) is 5.19 Å². The molecule has 5 aliphatic rings. The van der Waals surface area contributed by atoms with E-state index in [1.54, 1.807) is 33.2 Å². The molecule has 0 saturated heterocycles. The SMILES string of the molecule is C[Si]1(C)c2c3c(cc4ccccc24)C=CC2C4c5ccccc5C(c5ccccc54)(C32)[Si](C)(C)[Si]1(C)C. The molecule has 0 radical (unpaired) electrons. The molecule has 2 unspecified atom stereocenters. The minimum Gasteiger partial charge on any atom is -0.0792 e. The number of allylic oxidation sites excluding steroid dienone is 1. The van der Waals surface area contributed by atoms with Gasteiger partial charge in [-0.2, -0.15) is 0 Å². The molecule has 2 bridgehead atoms. The minimum absolute atomic E-state index is 0.118. The summed E-state index contributed by atoms with van der Waals surface area (Å²) in [5.41, 5.74) is 9.94. The van der Waals surface area contributed by atoms with Crippen LogP contribution in [-0.4, -0.2) is 22.3 Å². The summed E-state index contributed by atoms with van der Waals surface area (Å²) in [6.45, 7) is 16.9. The maximum Gasteiger partial charge on any atom is 0.0726 e. The van der Waals surface area contributed by atoms with Gasteiger partial charge in [-0.05, 0) is 56.1 Å². The maximum atomic E-state index is 2.84. The molecule has 4 aliphatic carbocycles. The molecule has 3 heteroatoms. The molecule has 1 spiro atoms. The van der Waals surface area contributed by atoms with Crippen LogP contribution in [0.5, 0.6) is 0 Å². The van der Waals surface area contributed by atoms with Crippen LogP contribution in [-0.2, 0) is 5.04 Å². The smallest absolute Gasteiger partial charge is 0.0726 e. The number of hydrogen-bond donors (Lipinski definition) is 0. The third kappa shape index (κ3) is 2.22. The summed E-state index contributed by atoms with van der Waals surface area (Å²) < 4.78 is 0.